The first-order valence-electron chi connectivity index (χ1n) is 5.79. The minimum absolute atomic E-state index is 0.0397. The smallest absolute Gasteiger partial charge is 0.379 e. The first kappa shape index (κ1) is 14.9. The van der Waals surface area contributed by atoms with Gasteiger partial charge in [-0.05, 0) is 24.1 Å². The summed E-state index contributed by atoms with van der Waals surface area (Å²) in [5.41, 5.74) is -1.47. The largest absolute Gasteiger partial charge is 0.443 e. The molecule has 1 heterocycles. The van der Waals surface area contributed by atoms with Gasteiger partial charge >= 0.3 is 6.18 Å². The van der Waals surface area contributed by atoms with Gasteiger partial charge in [-0.1, -0.05) is 19.1 Å². The van der Waals surface area contributed by atoms with Crippen LogP contribution in [0.25, 0.3) is 0 Å². The molecule has 1 aromatic carbocycles. The summed E-state index contributed by atoms with van der Waals surface area (Å²) in [5.74, 6) is -0.560. The number of aliphatic hydroxyl groups is 1. The van der Waals surface area contributed by atoms with Crippen molar-refractivity contribution in [3.05, 3.63) is 51.7 Å². The summed E-state index contributed by atoms with van der Waals surface area (Å²) in [6.45, 7) is 1.61. The Morgan fingerprint density at radius 1 is 1.30 bits per heavy atom. The number of hydrogen-bond acceptors (Lipinski definition) is 3. The molecule has 20 heavy (non-hydrogen) atoms. The van der Waals surface area contributed by atoms with Crippen LogP contribution >= 0.6 is 11.3 Å². The van der Waals surface area contributed by atoms with Crippen LogP contribution in [0.2, 0.25) is 0 Å². The van der Waals surface area contributed by atoms with Gasteiger partial charge in [0.15, 0.2) is 5.01 Å². The van der Waals surface area contributed by atoms with Crippen LogP contribution in [0.4, 0.5) is 17.6 Å². The number of thiazole rings is 1. The van der Waals surface area contributed by atoms with Gasteiger partial charge in [0.05, 0.1) is 4.88 Å². The highest BCUT2D eigenvalue weighted by Gasteiger charge is 2.39. The summed E-state index contributed by atoms with van der Waals surface area (Å²) in [7, 11) is 0. The highest BCUT2D eigenvalue weighted by molar-refractivity contribution is 7.11. The Balaban J connectivity index is 2.48. The molecule has 0 aliphatic carbocycles. The van der Waals surface area contributed by atoms with Crippen molar-refractivity contribution in [1.29, 1.82) is 0 Å². The molecule has 0 bridgehead atoms. The van der Waals surface area contributed by atoms with Gasteiger partial charge in [0.1, 0.15) is 11.4 Å². The molecule has 108 valence electrons. The first-order chi connectivity index (χ1) is 9.27. The molecule has 2 rings (SSSR count). The number of halogens is 4. The van der Waals surface area contributed by atoms with Crippen LogP contribution in [0.5, 0.6) is 0 Å². The van der Waals surface area contributed by atoms with E-state index in [1.54, 1.807) is 6.92 Å². The highest BCUT2D eigenvalue weighted by atomic mass is 32.1. The van der Waals surface area contributed by atoms with Crippen LogP contribution in [0, 0.1) is 5.82 Å². The molecule has 1 aromatic heterocycles. The molecule has 0 amide bonds. The summed E-state index contributed by atoms with van der Waals surface area (Å²) in [6, 6.07) is 5.18. The van der Waals surface area contributed by atoms with E-state index in [1.807, 2.05) is 0 Å². The molecule has 2 nitrogen and oxygen atoms in total. The topological polar surface area (TPSA) is 33.1 Å². The predicted molar refractivity (Wildman–Crippen MR) is 66.8 cm³/mol. The molecule has 0 radical (unpaired) electrons. The fourth-order valence-electron chi connectivity index (χ4n) is 1.86. The van der Waals surface area contributed by atoms with Crippen molar-refractivity contribution >= 4 is 11.3 Å². The van der Waals surface area contributed by atoms with Gasteiger partial charge in [0.25, 0.3) is 0 Å². The fraction of sp³-hybridized carbons (Fsp3) is 0.308. The number of benzene rings is 1. The Morgan fingerprint density at radius 2 is 2.00 bits per heavy atom. The van der Waals surface area contributed by atoms with Crippen molar-refractivity contribution in [2.75, 3.05) is 0 Å². The van der Waals surface area contributed by atoms with Crippen LogP contribution in [0.1, 0.15) is 28.8 Å². The Labute approximate surface area is 116 Å². The third kappa shape index (κ3) is 2.69. The average molecular weight is 305 g/mol. The number of aromatic nitrogens is 1. The predicted octanol–water partition coefficient (Wildman–Crippen LogP) is 3.95. The molecule has 2 aromatic rings. The minimum Gasteiger partial charge on any atom is -0.379 e. The van der Waals surface area contributed by atoms with E-state index >= 15 is 0 Å². The van der Waals surface area contributed by atoms with Crippen LogP contribution < -0.4 is 0 Å². The van der Waals surface area contributed by atoms with E-state index in [-0.39, 0.29) is 16.9 Å². The molecule has 1 unspecified atom stereocenters. The van der Waals surface area contributed by atoms with Crippen molar-refractivity contribution in [3.63, 3.8) is 0 Å². The maximum Gasteiger partial charge on any atom is 0.443 e. The zero-order chi connectivity index (χ0) is 15.0. The van der Waals surface area contributed by atoms with Gasteiger partial charge in [-0.3, -0.25) is 0 Å². The minimum atomic E-state index is -4.56. The molecule has 0 saturated carbocycles. The van der Waals surface area contributed by atoms with Gasteiger partial charge in [0, 0.05) is 6.20 Å². The molecule has 1 atom stereocenters. The molecular weight excluding hydrogens is 294 g/mol. The average Bonchev–Trinajstić information content (AvgIpc) is 2.87. The molecule has 0 spiro atoms. The van der Waals surface area contributed by atoms with Crippen LogP contribution in [0.3, 0.4) is 0 Å². The second kappa shape index (κ2) is 5.14. The van der Waals surface area contributed by atoms with E-state index in [0.29, 0.717) is 11.3 Å². The number of nitrogens with zero attached hydrogens (tertiary/aromatic N) is 1. The lowest BCUT2D eigenvalue weighted by atomic mass is 9.90. The zero-order valence-electron chi connectivity index (χ0n) is 10.4. The van der Waals surface area contributed by atoms with Crippen molar-refractivity contribution in [3.8, 4) is 0 Å². The Kier molecular flexibility index (Phi) is 3.84. The standard InChI is InChI=1S/C13H11F4NOS/c1-2-12(19,8-4-3-5-9(14)6-8)10-7-18-11(20-10)13(15,16)17/h3-7,19H,2H2,1H3. The normalized spacial score (nSPS) is 15.1. The van der Waals surface area contributed by atoms with E-state index in [1.165, 1.54) is 18.2 Å². The molecular formula is C13H11F4NOS. The van der Waals surface area contributed by atoms with Crippen molar-refractivity contribution in [2.45, 2.75) is 25.1 Å². The van der Waals surface area contributed by atoms with E-state index in [0.717, 1.165) is 12.3 Å². The molecule has 0 aliphatic rings. The fourth-order valence-corrected chi connectivity index (χ4v) is 2.83. The van der Waals surface area contributed by atoms with Crippen molar-refractivity contribution < 1.29 is 22.7 Å². The lowest BCUT2D eigenvalue weighted by Crippen LogP contribution is -2.25. The number of hydrogen-bond donors (Lipinski definition) is 1. The third-order valence-corrected chi connectivity index (χ3v) is 4.16. The zero-order valence-corrected chi connectivity index (χ0v) is 11.2. The highest BCUT2D eigenvalue weighted by Crippen LogP contribution is 2.40. The molecule has 0 aliphatic heterocycles. The quantitative estimate of drug-likeness (QED) is 0.871. The van der Waals surface area contributed by atoms with E-state index in [9.17, 15) is 22.7 Å². The summed E-state index contributed by atoms with van der Waals surface area (Å²) in [4.78, 5) is 3.33. The lowest BCUT2D eigenvalue weighted by molar-refractivity contribution is -0.137. The summed E-state index contributed by atoms with van der Waals surface area (Å²) in [6.07, 6.45) is -3.46. The molecule has 1 N–H and O–H groups in total. The van der Waals surface area contributed by atoms with Crippen LogP contribution in [0.15, 0.2) is 30.5 Å². The Hall–Kier alpha value is -1.47. The summed E-state index contributed by atoms with van der Waals surface area (Å²) in [5, 5.41) is 9.57. The summed E-state index contributed by atoms with van der Waals surface area (Å²) < 4.78 is 50.9. The monoisotopic (exact) mass is 305 g/mol. The van der Waals surface area contributed by atoms with Crippen molar-refractivity contribution in [2.24, 2.45) is 0 Å². The maximum absolute atomic E-state index is 13.2. The Morgan fingerprint density at radius 3 is 2.50 bits per heavy atom. The molecule has 0 saturated heterocycles. The van der Waals surface area contributed by atoms with Crippen LogP contribution in [-0.4, -0.2) is 10.1 Å². The van der Waals surface area contributed by atoms with E-state index < -0.39 is 22.6 Å². The van der Waals surface area contributed by atoms with E-state index in [2.05, 4.69) is 4.98 Å². The van der Waals surface area contributed by atoms with Gasteiger partial charge in [-0.2, -0.15) is 13.2 Å². The van der Waals surface area contributed by atoms with E-state index in [4.69, 9.17) is 0 Å². The molecule has 7 heteroatoms. The van der Waals surface area contributed by atoms with Gasteiger partial charge in [-0.15, -0.1) is 11.3 Å². The van der Waals surface area contributed by atoms with Gasteiger partial charge < -0.3 is 5.11 Å². The Bertz CT molecular complexity index is 610. The van der Waals surface area contributed by atoms with Crippen molar-refractivity contribution in [1.82, 2.24) is 4.98 Å². The number of alkyl halides is 3. The summed E-state index contributed by atoms with van der Waals surface area (Å²) >= 11 is 0.363. The first-order valence-corrected chi connectivity index (χ1v) is 6.61. The van der Waals surface area contributed by atoms with Gasteiger partial charge in [0.2, 0.25) is 0 Å². The maximum atomic E-state index is 13.2. The second-order valence-electron chi connectivity index (χ2n) is 4.25. The SMILES string of the molecule is CCC(O)(c1cccc(F)c1)c1cnc(C(F)(F)F)s1. The second-order valence-corrected chi connectivity index (χ2v) is 5.28. The molecule has 0 fully saturated rings. The number of rotatable bonds is 3. The van der Waals surface area contributed by atoms with Crippen LogP contribution in [-0.2, 0) is 11.8 Å². The lowest BCUT2D eigenvalue weighted by Gasteiger charge is -2.25. The van der Waals surface area contributed by atoms with Gasteiger partial charge in [-0.25, -0.2) is 9.37 Å². The third-order valence-electron chi connectivity index (χ3n) is 2.97.